The average Bonchev–Trinajstić information content (AvgIpc) is 2.32. The summed E-state index contributed by atoms with van der Waals surface area (Å²) in [5.41, 5.74) is -0.129. The van der Waals surface area contributed by atoms with Crippen LogP contribution in [0.15, 0.2) is 0 Å². The molecule has 1 heterocycles. The number of nitrogens with zero attached hydrogens (tertiary/aromatic N) is 1. The van der Waals surface area contributed by atoms with Gasteiger partial charge < -0.3 is 10.4 Å². The average molecular weight is 270 g/mol. The minimum Gasteiger partial charge on any atom is -0.394 e. The number of nitrogens with one attached hydrogen (secondary N) is 1. The largest absolute Gasteiger partial charge is 0.394 e. The highest BCUT2D eigenvalue weighted by atomic mass is 16.3. The van der Waals surface area contributed by atoms with Crippen molar-refractivity contribution in [2.75, 3.05) is 13.2 Å². The second-order valence-corrected chi connectivity index (χ2v) is 6.99. The van der Waals surface area contributed by atoms with E-state index in [1.54, 1.807) is 0 Å². The maximum atomic E-state index is 9.60. The van der Waals surface area contributed by atoms with Crippen LogP contribution in [0.25, 0.3) is 0 Å². The maximum Gasteiger partial charge on any atom is 0.0610 e. The SMILES string of the molecule is CC(C)NC(C)(CO)CCCN1C(C)CCCC1C. The molecule has 19 heavy (non-hydrogen) atoms. The van der Waals surface area contributed by atoms with E-state index < -0.39 is 0 Å². The number of likely N-dealkylation sites (tertiary alicyclic amines) is 1. The summed E-state index contributed by atoms with van der Waals surface area (Å²) in [6.07, 6.45) is 6.25. The Labute approximate surface area is 119 Å². The van der Waals surface area contributed by atoms with Gasteiger partial charge in [-0.25, -0.2) is 0 Å². The van der Waals surface area contributed by atoms with Gasteiger partial charge in [0.1, 0.15) is 0 Å². The number of hydrogen-bond donors (Lipinski definition) is 2. The Hall–Kier alpha value is -0.120. The molecule has 1 saturated heterocycles. The minimum absolute atomic E-state index is 0.129. The quantitative estimate of drug-likeness (QED) is 0.747. The second kappa shape index (κ2) is 7.61. The maximum absolute atomic E-state index is 9.60. The zero-order chi connectivity index (χ0) is 14.5. The van der Waals surface area contributed by atoms with Crippen LogP contribution in [0.1, 0.15) is 66.7 Å². The third kappa shape index (κ3) is 5.41. The lowest BCUT2D eigenvalue weighted by Crippen LogP contribution is -2.50. The van der Waals surface area contributed by atoms with Crippen molar-refractivity contribution in [3.63, 3.8) is 0 Å². The van der Waals surface area contributed by atoms with Crippen molar-refractivity contribution in [3.05, 3.63) is 0 Å². The molecule has 1 aliphatic rings. The van der Waals surface area contributed by atoms with Gasteiger partial charge in [0, 0.05) is 23.7 Å². The van der Waals surface area contributed by atoms with E-state index in [9.17, 15) is 5.11 Å². The summed E-state index contributed by atoms with van der Waals surface area (Å²) in [6.45, 7) is 12.5. The Balaban J connectivity index is 2.38. The van der Waals surface area contributed by atoms with E-state index >= 15 is 0 Å². The van der Waals surface area contributed by atoms with Gasteiger partial charge in [0.2, 0.25) is 0 Å². The molecule has 0 radical (unpaired) electrons. The lowest BCUT2D eigenvalue weighted by molar-refractivity contribution is 0.0915. The molecule has 0 aromatic rings. The van der Waals surface area contributed by atoms with Gasteiger partial charge in [0.15, 0.2) is 0 Å². The third-order valence-electron chi connectivity index (χ3n) is 4.51. The van der Waals surface area contributed by atoms with Gasteiger partial charge in [-0.3, -0.25) is 4.90 Å². The van der Waals surface area contributed by atoms with E-state index in [4.69, 9.17) is 0 Å². The number of aliphatic hydroxyl groups is 1. The summed E-state index contributed by atoms with van der Waals surface area (Å²) in [7, 11) is 0. The number of hydrogen-bond acceptors (Lipinski definition) is 3. The Kier molecular flexibility index (Phi) is 6.78. The van der Waals surface area contributed by atoms with Gasteiger partial charge >= 0.3 is 0 Å². The summed E-state index contributed by atoms with van der Waals surface area (Å²) in [4.78, 5) is 2.65. The molecular formula is C16H34N2O. The van der Waals surface area contributed by atoms with Gasteiger partial charge in [-0.15, -0.1) is 0 Å². The van der Waals surface area contributed by atoms with Crippen LogP contribution in [-0.4, -0.2) is 46.8 Å². The van der Waals surface area contributed by atoms with Crippen molar-refractivity contribution in [2.24, 2.45) is 0 Å². The zero-order valence-corrected chi connectivity index (χ0v) is 13.6. The minimum atomic E-state index is -0.129. The normalized spacial score (nSPS) is 28.6. The van der Waals surface area contributed by atoms with E-state index in [0.717, 1.165) is 31.5 Å². The fourth-order valence-corrected chi connectivity index (χ4v) is 3.46. The molecule has 114 valence electrons. The van der Waals surface area contributed by atoms with Crippen LogP contribution in [-0.2, 0) is 0 Å². The summed E-state index contributed by atoms with van der Waals surface area (Å²) in [5, 5.41) is 13.1. The number of rotatable bonds is 7. The van der Waals surface area contributed by atoms with Crippen molar-refractivity contribution in [1.29, 1.82) is 0 Å². The molecule has 3 heteroatoms. The highest BCUT2D eigenvalue weighted by molar-refractivity contribution is 4.85. The Bertz CT molecular complexity index is 247. The number of aliphatic hydroxyl groups excluding tert-OH is 1. The molecule has 0 aliphatic carbocycles. The van der Waals surface area contributed by atoms with E-state index in [0.29, 0.717) is 6.04 Å². The van der Waals surface area contributed by atoms with E-state index in [2.05, 4.69) is 44.8 Å². The van der Waals surface area contributed by atoms with Crippen molar-refractivity contribution in [3.8, 4) is 0 Å². The molecular weight excluding hydrogens is 236 g/mol. The van der Waals surface area contributed by atoms with Crippen LogP contribution in [0, 0.1) is 0 Å². The van der Waals surface area contributed by atoms with Crippen LogP contribution in [0.3, 0.4) is 0 Å². The molecule has 3 atom stereocenters. The monoisotopic (exact) mass is 270 g/mol. The fourth-order valence-electron chi connectivity index (χ4n) is 3.46. The van der Waals surface area contributed by atoms with Crippen LogP contribution in [0.2, 0.25) is 0 Å². The first-order valence-electron chi connectivity index (χ1n) is 8.02. The van der Waals surface area contributed by atoms with Crippen molar-refractivity contribution in [2.45, 2.75) is 90.4 Å². The highest BCUT2D eigenvalue weighted by Crippen LogP contribution is 2.23. The Morgan fingerprint density at radius 3 is 2.32 bits per heavy atom. The molecule has 0 bridgehead atoms. The lowest BCUT2D eigenvalue weighted by Gasteiger charge is -2.40. The van der Waals surface area contributed by atoms with Gasteiger partial charge in [-0.1, -0.05) is 20.3 Å². The fraction of sp³-hybridized carbons (Fsp3) is 1.00. The summed E-state index contributed by atoms with van der Waals surface area (Å²) in [5.74, 6) is 0. The molecule has 1 rings (SSSR count). The molecule has 1 aliphatic heterocycles. The molecule has 0 aromatic heterocycles. The van der Waals surface area contributed by atoms with Crippen LogP contribution < -0.4 is 5.32 Å². The molecule has 0 saturated carbocycles. The Morgan fingerprint density at radius 2 is 1.84 bits per heavy atom. The third-order valence-corrected chi connectivity index (χ3v) is 4.51. The zero-order valence-electron chi connectivity index (χ0n) is 13.6. The predicted molar refractivity (Wildman–Crippen MR) is 82.5 cm³/mol. The second-order valence-electron chi connectivity index (χ2n) is 6.99. The van der Waals surface area contributed by atoms with E-state index in [-0.39, 0.29) is 12.1 Å². The standard InChI is InChI=1S/C16H34N2O/c1-13(2)17-16(5,12-19)10-7-11-18-14(3)8-6-9-15(18)4/h13-15,17,19H,6-12H2,1-5H3. The van der Waals surface area contributed by atoms with E-state index in [1.165, 1.54) is 19.3 Å². The molecule has 1 fully saturated rings. The molecule has 3 unspecified atom stereocenters. The van der Waals surface area contributed by atoms with Gasteiger partial charge in [0.25, 0.3) is 0 Å². The molecule has 0 spiro atoms. The van der Waals surface area contributed by atoms with Crippen molar-refractivity contribution >= 4 is 0 Å². The molecule has 0 aromatic carbocycles. The first-order valence-corrected chi connectivity index (χ1v) is 8.02. The first kappa shape index (κ1) is 16.9. The predicted octanol–water partition coefficient (Wildman–Crippen LogP) is 2.78. The Morgan fingerprint density at radius 1 is 1.26 bits per heavy atom. The summed E-state index contributed by atoms with van der Waals surface area (Å²) in [6, 6.07) is 1.87. The first-order chi connectivity index (χ1) is 8.88. The molecule has 3 nitrogen and oxygen atoms in total. The summed E-state index contributed by atoms with van der Waals surface area (Å²) < 4.78 is 0. The van der Waals surface area contributed by atoms with Gasteiger partial charge in [-0.2, -0.15) is 0 Å². The van der Waals surface area contributed by atoms with Crippen LogP contribution in [0.5, 0.6) is 0 Å². The summed E-state index contributed by atoms with van der Waals surface area (Å²) >= 11 is 0. The highest BCUT2D eigenvalue weighted by Gasteiger charge is 2.27. The van der Waals surface area contributed by atoms with Crippen LogP contribution >= 0.6 is 0 Å². The molecule has 0 amide bonds. The smallest absolute Gasteiger partial charge is 0.0610 e. The van der Waals surface area contributed by atoms with Gasteiger partial charge in [-0.05, 0) is 53.0 Å². The topological polar surface area (TPSA) is 35.5 Å². The molecule has 2 N–H and O–H groups in total. The lowest BCUT2D eigenvalue weighted by atomic mass is 9.93. The van der Waals surface area contributed by atoms with Gasteiger partial charge in [0.05, 0.1) is 6.61 Å². The van der Waals surface area contributed by atoms with E-state index in [1.807, 2.05) is 0 Å². The van der Waals surface area contributed by atoms with Crippen LogP contribution in [0.4, 0.5) is 0 Å². The van der Waals surface area contributed by atoms with Crippen molar-refractivity contribution in [1.82, 2.24) is 10.2 Å². The van der Waals surface area contributed by atoms with Crippen molar-refractivity contribution < 1.29 is 5.11 Å². The number of piperidine rings is 1.